The Morgan fingerprint density at radius 2 is 1.84 bits per heavy atom. The van der Waals surface area contributed by atoms with Crippen LogP contribution in [0, 0.1) is 5.82 Å². The van der Waals surface area contributed by atoms with Crippen LogP contribution in [0.3, 0.4) is 0 Å². The molecule has 6 heteroatoms. The van der Waals surface area contributed by atoms with Crippen molar-refractivity contribution in [3.05, 3.63) is 78.2 Å². The largest absolute Gasteiger partial charge is 0.399 e. The van der Waals surface area contributed by atoms with E-state index in [9.17, 15) is 9.18 Å². The Balaban J connectivity index is 1.87. The van der Waals surface area contributed by atoms with E-state index in [1.807, 2.05) is 30.3 Å². The van der Waals surface area contributed by atoms with Crippen LogP contribution in [0.15, 0.2) is 66.7 Å². The fourth-order valence-electron chi connectivity index (χ4n) is 2.38. The molecule has 2 aromatic carbocycles. The van der Waals surface area contributed by atoms with Gasteiger partial charge in [0, 0.05) is 30.2 Å². The second-order valence-electron chi connectivity index (χ2n) is 5.51. The maximum absolute atomic E-state index is 13.3. The summed E-state index contributed by atoms with van der Waals surface area (Å²) in [5, 5.41) is 2.96. The molecule has 0 spiro atoms. The lowest BCUT2D eigenvalue weighted by atomic mass is 10.2. The van der Waals surface area contributed by atoms with Crippen LogP contribution in [0.4, 0.5) is 27.3 Å². The topological polar surface area (TPSA) is 71.2 Å². The van der Waals surface area contributed by atoms with E-state index in [0.29, 0.717) is 17.2 Å². The number of rotatable bonds is 4. The van der Waals surface area contributed by atoms with Gasteiger partial charge in [0.25, 0.3) is 5.91 Å². The fraction of sp³-hybridized carbons (Fsp3) is 0.0526. The van der Waals surface area contributed by atoms with Crippen LogP contribution in [0.1, 0.15) is 10.5 Å². The Morgan fingerprint density at radius 3 is 2.56 bits per heavy atom. The Bertz CT molecular complexity index is 899. The van der Waals surface area contributed by atoms with Crippen molar-refractivity contribution in [1.29, 1.82) is 0 Å². The molecule has 3 N–H and O–H groups in total. The second kappa shape index (κ2) is 7.00. The summed E-state index contributed by atoms with van der Waals surface area (Å²) in [4.78, 5) is 18.5. The number of nitrogens with one attached hydrogen (secondary N) is 1. The Labute approximate surface area is 144 Å². The molecule has 0 bridgehead atoms. The number of hydrogen-bond acceptors (Lipinski definition) is 4. The normalized spacial score (nSPS) is 10.3. The van der Waals surface area contributed by atoms with Gasteiger partial charge in [-0.1, -0.05) is 24.3 Å². The molecule has 0 aliphatic carbocycles. The lowest BCUT2D eigenvalue weighted by molar-refractivity contribution is 0.0988. The minimum Gasteiger partial charge on any atom is -0.399 e. The Kier molecular flexibility index (Phi) is 4.61. The third-order valence-electron chi connectivity index (χ3n) is 3.61. The Morgan fingerprint density at radius 1 is 1.08 bits per heavy atom. The molecular weight excluding hydrogens is 319 g/mol. The van der Waals surface area contributed by atoms with Gasteiger partial charge in [0.1, 0.15) is 17.3 Å². The number of aromatic nitrogens is 1. The van der Waals surface area contributed by atoms with Crippen LogP contribution in [-0.2, 0) is 0 Å². The number of carbonyl (C=O) groups excluding carboxylic acids is 1. The first-order valence-electron chi connectivity index (χ1n) is 7.66. The van der Waals surface area contributed by atoms with Gasteiger partial charge in [-0.15, -0.1) is 0 Å². The molecule has 1 aromatic heterocycles. The maximum atomic E-state index is 13.3. The van der Waals surface area contributed by atoms with Crippen LogP contribution in [-0.4, -0.2) is 17.9 Å². The highest BCUT2D eigenvalue weighted by molar-refractivity contribution is 6.05. The minimum atomic E-state index is -0.367. The van der Waals surface area contributed by atoms with Crippen LogP contribution in [0.2, 0.25) is 0 Å². The average Bonchev–Trinajstić information content (AvgIpc) is 2.60. The first kappa shape index (κ1) is 16.4. The molecule has 0 saturated heterocycles. The molecule has 1 heterocycles. The summed E-state index contributed by atoms with van der Waals surface area (Å²) in [6, 6.07) is 18.3. The van der Waals surface area contributed by atoms with E-state index in [1.54, 1.807) is 25.2 Å². The van der Waals surface area contributed by atoms with Crippen LogP contribution in [0.5, 0.6) is 0 Å². The first-order valence-corrected chi connectivity index (χ1v) is 7.66. The summed E-state index contributed by atoms with van der Waals surface area (Å²) < 4.78 is 13.3. The molecular formula is C19H17FN4O. The van der Waals surface area contributed by atoms with E-state index in [1.165, 1.54) is 23.1 Å². The molecule has 3 rings (SSSR count). The zero-order valence-corrected chi connectivity index (χ0v) is 13.6. The SMILES string of the molecule is CN(C(=O)c1cc(N)cc(Nc2cccc(F)c2)n1)c1ccccc1. The number of nitrogens with two attached hydrogens (primary N) is 1. The summed E-state index contributed by atoms with van der Waals surface area (Å²) in [7, 11) is 1.67. The smallest absolute Gasteiger partial charge is 0.276 e. The molecule has 0 atom stereocenters. The zero-order chi connectivity index (χ0) is 17.8. The number of hydrogen-bond donors (Lipinski definition) is 2. The van der Waals surface area contributed by atoms with Crippen molar-refractivity contribution in [2.24, 2.45) is 0 Å². The third kappa shape index (κ3) is 3.92. The van der Waals surface area contributed by atoms with E-state index >= 15 is 0 Å². The van der Waals surface area contributed by atoms with Gasteiger partial charge in [-0.25, -0.2) is 9.37 Å². The number of amides is 1. The highest BCUT2D eigenvalue weighted by atomic mass is 19.1. The summed E-state index contributed by atoms with van der Waals surface area (Å²) in [6.07, 6.45) is 0. The Hall–Kier alpha value is -3.41. The van der Waals surface area contributed by atoms with Gasteiger partial charge in [0.15, 0.2) is 0 Å². The summed E-state index contributed by atoms with van der Waals surface area (Å²) in [5.74, 6) is -0.287. The highest BCUT2D eigenvalue weighted by Crippen LogP contribution is 2.21. The lowest BCUT2D eigenvalue weighted by Crippen LogP contribution is -2.27. The fourth-order valence-corrected chi connectivity index (χ4v) is 2.38. The average molecular weight is 336 g/mol. The minimum absolute atomic E-state index is 0.199. The van der Waals surface area contributed by atoms with E-state index in [-0.39, 0.29) is 17.4 Å². The van der Waals surface area contributed by atoms with Crippen LogP contribution in [0.25, 0.3) is 0 Å². The number of halogens is 1. The van der Waals surface area contributed by atoms with Gasteiger partial charge in [-0.2, -0.15) is 0 Å². The van der Waals surface area contributed by atoms with Crippen molar-refractivity contribution in [2.45, 2.75) is 0 Å². The molecule has 0 aliphatic rings. The standard InChI is InChI=1S/C19H17FN4O/c1-24(16-8-3-2-4-9-16)19(25)17-11-14(21)12-18(23-17)22-15-7-5-6-13(20)10-15/h2-12H,1H3,(H3,21,22,23). The molecule has 0 saturated carbocycles. The van der Waals surface area contributed by atoms with Crippen LogP contribution >= 0.6 is 0 Å². The molecule has 25 heavy (non-hydrogen) atoms. The van der Waals surface area contributed by atoms with Crippen LogP contribution < -0.4 is 16.0 Å². The van der Waals surface area contributed by atoms with E-state index in [0.717, 1.165) is 5.69 Å². The predicted octanol–water partition coefficient (Wildman–Crippen LogP) is 3.82. The quantitative estimate of drug-likeness (QED) is 0.760. The lowest BCUT2D eigenvalue weighted by Gasteiger charge is -2.17. The van der Waals surface area contributed by atoms with Crippen molar-refractivity contribution < 1.29 is 9.18 Å². The molecule has 3 aromatic rings. The van der Waals surface area contributed by atoms with Crippen molar-refractivity contribution in [3.8, 4) is 0 Å². The summed E-state index contributed by atoms with van der Waals surface area (Å²) >= 11 is 0. The van der Waals surface area contributed by atoms with Gasteiger partial charge < -0.3 is 16.0 Å². The molecule has 1 amide bonds. The van der Waals surface area contributed by atoms with E-state index in [2.05, 4.69) is 10.3 Å². The van der Waals surface area contributed by atoms with Crippen molar-refractivity contribution in [1.82, 2.24) is 4.98 Å². The first-order chi connectivity index (χ1) is 12.0. The van der Waals surface area contributed by atoms with E-state index in [4.69, 9.17) is 5.73 Å². The van der Waals surface area contributed by atoms with E-state index < -0.39 is 0 Å². The van der Waals surface area contributed by atoms with Crippen molar-refractivity contribution >= 4 is 28.8 Å². The molecule has 0 fully saturated rings. The second-order valence-corrected chi connectivity index (χ2v) is 5.51. The highest BCUT2D eigenvalue weighted by Gasteiger charge is 2.16. The number of pyridine rings is 1. The summed E-state index contributed by atoms with van der Waals surface area (Å²) in [5.41, 5.74) is 7.75. The third-order valence-corrected chi connectivity index (χ3v) is 3.61. The van der Waals surface area contributed by atoms with Gasteiger partial charge >= 0.3 is 0 Å². The van der Waals surface area contributed by atoms with Gasteiger partial charge in [0.2, 0.25) is 0 Å². The van der Waals surface area contributed by atoms with Gasteiger partial charge in [-0.3, -0.25) is 4.79 Å². The molecule has 0 unspecified atom stereocenters. The molecule has 126 valence electrons. The molecule has 0 aliphatic heterocycles. The van der Waals surface area contributed by atoms with Gasteiger partial charge in [0.05, 0.1) is 0 Å². The molecule has 0 radical (unpaired) electrons. The number of benzene rings is 2. The van der Waals surface area contributed by atoms with Crippen molar-refractivity contribution in [2.75, 3.05) is 23.0 Å². The molecule has 5 nitrogen and oxygen atoms in total. The zero-order valence-electron chi connectivity index (χ0n) is 13.6. The number of carbonyl (C=O) groups is 1. The number of nitrogen functional groups attached to an aromatic ring is 1. The summed E-state index contributed by atoms with van der Waals surface area (Å²) in [6.45, 7) is 0. The monoisotopic (exact) mass is 336 g/mol. The number of anilines is 4. The van der Waals surface area contributed by atoms with Gasteiger partial charge in [-0.05, 0) is 36.4 Å². The number of nitrogens with zero attached hydrogens (tertiary/aromatic N) is 2. The van der Waals surface area contributed by atoms with Crippen molar-refractivity contribution in [3.63, 3.8) is 0 Å². The maximum Gasteiger partial charge on any atom is 0.276 e. The number of para-hydroxylation sites is 1. The predicted molar refractivity (Wildman–Crippen MR) is 97.5 cm³/mol.